The van der Waals surface area contributed by atoms with E-state index in [-0.39, 0.29) is 18.9 Å². The number of nitro groups is 1. The first-order chi connectivity index (χ1) is 13.5. The third-order valence-corrected chi connectivity index (χ3v) is 4.12. The van der Waals surface area contributed by atoms with Crippen molar-refractivity contribution in [3.8, 4) is 17.2 Å². The summed E-state index contributed by atoms with van der Waals surface area (Å²) in [4.78, 5) is 21.3. The molecule has 148 valence electrons. The van der Waals surface area contributed by atoms with Crippen molar-refractivity contribution in [3.63, 3.8) is 0 Å². The van der Waals surface area contributed by atoms with Gasteiger partial charge in [0.25, 0.3) is 5.69 Å². The summed E-state index contributed by atoms with van der Waals surface area (Å²) in [6, 6.07) is 9.68. The van der Waals surface area contributed by atoms with Crippen LogP contribution in [-0.4, -0.2) is 29.4 Å². The normalized spacial score (nSPS) is 11.9. The van der Waals surface area contributed by atoms with Crippen molar-refractivity contribution >= 4 is 23.0 Å². The van der Waals surface area contributed by atoms with Crippen molar-refractivity contribution in [1.82, 2.24) is 0 Å². The summed E-state index contributed by atoms with van der Waals surface area (Å²) in [6.45, 7) is 0.551. The Balaban J connectivity index is 1.64. The molecule has 1 aliphatic heterocycles. The van der Waals surface area contributed by atoms with Gasteiger partial charge < -0.3 is 24.6 Å². The van der Waals surface area contributed by atoms with Gasteiger partial charge in [0.2, 0.25) is 6.79 Å². The minimum absolute atomic E-state index is 0.0773. The van der Waals surface area contributed by atoms with Crippen LogP contribution in [0.1, 0.15) is 25.7 Å². The van der Waals surface area contributed by atoms with Gasteiger partial charge in [0.15, 0.2) is 11.5 Å². The number of nitrogens with one attached hydrogen (secondary N) is 1. The SMILES string of the molecule is O=C(O)CCCCCOc1ccc([N+](=O)[O-])c(Nc2ccc3c(c2)OCO3)c1. The second kappa shape index (κ2) is 8.94. The quantitative estimate of drug-likeness (QED) is 0.355. The van der Waals surface area contributed by atoms with Crippen molar-refractivity contribution in [2.45, 2.75) is 25.7 Å². The van der Waals surface area contributed by atoms with Crippen LogP contribution < -0.4 is 19.5 Å². The molecule has 0 bridgehead atoms. The summed E-state index contributed by atoms with van der Waals surface area (Å²) >= 11 is 0. The standard InChI is InChI=1S/C19H20N2O7/c22-19(23)4-2-1-3-9-26-14-6-7-16(21(24)25)15(11-14)20-13-5-8-17-18(10-13)28-12-27-17/h5-8,10-11,20H,1-4,9,12H2,(H,22,23). The number of ether oxygens (including phenoxy) is 3. The van der Waals surface area contributed by atoms with Gasteiger partial charge in [0, 0.05) is 30.3 Å². The molecule has 28 heavy (non-hydrogen) atoms. The molecule has 0 saturated heterocycles. The maximum absolute atomic E-state index is 11.3. The average Bonchev–Trinajstić information content (AvgIpc) is 3.12. The van der Waals surface area contributed by atoms with E-state index in [0.717, 1.165) is 6.42 Å². The number of carboxylic acid groups (broad SMARTS) is 1. The van der Waals surface area contributed by atoms with Crippen molar-refractivity contribution in [2.75, 3.05) is 18.7 Å². The van der Waals surface area contributed by atoms with Gasteiger partial charge in [-0.3, -0.25) is 14.9 Å². The molecule has 0 amide bonds. The molecule has 2 aromatic carbocycles. The van der Waals surface area contributed by atoms with Crippen LogP contribution in [0.25, 0.3) is 0 Å². The minimum Gasteiger partial charge on any atom is -0.494 e. The Bertz CT molecular complexity index is 869. The van der Waals surface area contributed by atoms with Crippen LogP contribution in [0.5, 0.6) is 17.2 Å². The summed E-state index contributed by atoms with van der Waals surface area (Å²) in [5.41, 5.74) is 0.844. The summed E-state index contributed by atoms with van der Waals surface area (Å²) in [6.07, 6.45) is 2.17. The summed E-state index contributed by atoms with van der Waals surface area (Å²) in [5, 5.41) is 23.0. The van der Waals surface area contributed by atoms with Gasteiger partial charge in [0.1, 0.15) is 11.4 Å². The Labute approximate surface area is 161 Å². The second-order valence-electron chi connectivity index (χ2n) is 6.18. The number of fused-ring (bicyclic) bond motifs is 1. The fourth-order valence-corrected chi connectivity index (χ4v) is 2.74. The van der Waals surface area contributed by atoms with Crippen molar-refractivity contribution in [2.24, 2.45) is 0 Å². The fourth-order valence-electron chi connectivity index (χ4n) is 2.74. The zero-order chi connectivity index (χ0) is 19.9. The van der Waals surface area contributed by atoms with Gasteiger partial charge in [0.05, 0.1) is 11.5 Å². The number of aliphatic carboxylic acids is 1. The van der Waals surface area contributed by atoms with E-state index < -0.39 is 10.9 Å². The van der Waals surface area contributed by atoms with E-state index >= 15 is 0 Å². The molecular weight excluding hydrogens is 368 g/mol. The number of carboxylic acids is 1. The molecule has 1 aliphatic rings. The third-order valence-electron chi connectivity index (χ3n) is 4.12. The topological polar surface area (TPSA) is 120 Å². The predicted molar refractivity (Wildman–Crippen MR) is 101 cm³/mol. The van der Waals surface area contributed by atoms with Crippen LogP contribution in [-0.2, 0) is 4.79 Å². The number of nitro benzene ring substituents is 1. The van der Waals surface area contributed by atoms with Crippen LogP contribution in [0, 0.1) is 10.1 Å². The van der Waals surface area contributed by atoms with Crippen LogP contribution in [0.3, 0.4) is 0 Å². The van der Waals surface area contributed by atoms with E-state index in [1.54, 1.807) is 30.3 Å². The highest BCUT2D eigenvalue weighted by atomic mass is 16.7. The maximum Gasteiger partial charge on any atom is 0.303 e. The molecule has 0 aliphatic carbocycles. The number of hydrogen-bond donors (Lipinski definition) is 2. The lowest BCUT2D eigenvalue weighted by Crippen LogP contribution is -2.01. The summed E-state index contributed by atoms with van der Waals surface area (Å²) in [5.74, 6) is 0.879. The van der Waals surface area contributed by atoms with Crippen molar-refractivity contribution in [1.29, 1.82) is 0 Å². The molecule has 1 heterocycles. The van der Waals surface area contributed by atoms with E-state index in [9.17, 15) is 14.9 Å². The number of anilines is 2. The molecule has 9 heteroatoms. The Morgan fingerprint density at radius 3 is 2.75 bits per heavy atom. The summed E-state index contributed by atoms with van der Waals surface area (Å²) < 4.78 is 16.2. The van der Waals surface area contributed by atoms with E-state index in [4.69, 9.17) is 19.3 Å². The molecule has 0 unspecified atom stereocenters. The molecule has 0 spiro atoms. The zero-order valence-electron chi connectivity index (χ0n) is 15.1. The predicted octanol–water partition coefficient (Wildman–Crippen LogP) is 4.09. The van der Waals surface area contributed by atoms with Crippen LogP contribution in [0.15, 0.2) is 36.4 Å². The Kier molecular flexibility index (Phi) is 6.15. The maximum atomic E-state index is 11.3. The number of nitrogens with zero attached hydrogens (tertiary/aromatic N) is 1. The molecule has 0 atom stereocenters. The van der Waals surface area contributed by atoms with Crippen LogP contribution in [0.4, 0.5) is 17.1 Å². The molecule has 0 radical (unpaired) electrons. The molecule has 2 aromatic rings. The van der Waals surface area contributed by atoms with E-state index in [2.05, 4.69) is 5.32 Å². The zero-order valence-corrected chi connectivity index (χ0v) is 15.1. The van der Waals surface area contributed by atoms with Gasteiger partial charge in [-0.25, -0.2) is 0 Å². The first-order valence-corrected chi connectivity index (χ1v) is 8.82. The van der Waals surface area contributed by atoms with E-state index in [1.807, 2.05) is 0 Å². The van der Waals surface area contributed by atoms with Crippen LogP contribution in [0.2, 0.25) is 0 Å². The van der Waals surface area contributed by atoms with Gasteiger partial charge in [-0.1, -0.05) is 0 Å². The number of rotatable bonds is 10. The molecule has 2 N–H and O–H groups in total. The number of carbonyl (C=O) groups is 1. The lowest BCUT2D eigenvalue weighted by Gasteiger charge is -2.11. The molecule has 3 rings (SSSR count). The van der Waals surface area contributed by atoms with Gasteiger partial charge in [-0.05, 0) is 37.5 Å². The highest BCUT2D eigenvalue weighted by Crippen LogP contribution is 2.37. The Hall–Kier alpha value is -3.49. The fraction of sp³-hybridized carbons (Fsp3) is 0.316. The first-order valence-electron chi connectivity index (χ1n) is 8.82. The van der Waals surface area contributed by atoms with Gasteiger partial charge in [-0.15, -0.1) is 0 Å². The molecule has 0 aromatic heterocycles. The summed E-state index contributed by atoms with van der Waals surface area (Å²) in [7, 11) is 0. The van der Waals surface area contributed by atoms with Gasteiger partial charge >= 0.3 is 5.97 Å². The van der Waals surface area contributed by atoms with Crippen LogP contribution >= 0.6 is 0 Å². The minimum atomic E-state index is -0.810. The lowest BCUT2D eigenvalue weighted by atomic mass is 10.2. The third kappa shape index (κ3) is 5.03. The van der Waals surface area contributed by atoms with E-state index in [0.29, 0.717) is 48.1 Å². The van der Waals surface area contributed by atoms with Crippen molar-refractivity contribution in [3.05, 3.63) is 46.5 Å². The molecule has 0 fully saturated rings. The van der Waals surface area contributed by atoms with E-state index in [1.165, 1.54) is 6.07 Å². The molecule has 9 nitrogen and oxygen atoms in total. The Morgan fingerprint density at radius 1 is 1.14 bits per heavy atom. The van der Waals surface area contributed by atoms with Gasteiger partial charge in [-0.2, -0.15) is 0 Å². The molecule has 0 saturated carbocycles. The largest absolute Gasteiger partial charge is 0.494 e. The second-order valence-corrected chi connectivity index (χ2v) is 6.18. The Morgan fingerprint density at radius 2 is 1.96 bits per heavy atom. The van der Waals surface area contributed by atoms with Crippen molar-refractivity contribution < 1.29 is 29.0 Å². The monoisotopic (exact) mass is 388 g/mol. The number of hydrogen-bond acceptors (Lipinski definition) is 7. The highest BCUT2D eigenvalue weighted by Gasteiger charge is 2.17. The average molecular weight is 388 g/mol. The smallest absolute Gasteiger partial charge is 0.303 e. The molecular formula is C19H20N2O7. The number of benzene rings is 2. The first kappa shape index (κ1) is 19.3. The lowest BCUT2D eigenvalue weighted by molar-refractivity contribution is -0.383. The number of unbranched alkanes of at least 4 members (excludes halogenated alkanes) is 2. The highest BCUT2D eigenvalue weighted by molar-refractivity contribution is 5.72.